The first-order valence-corrected chi connectivity index (χ1v) is 7.35. The molecule has 7 heteroatoms. The van der Waals surface area contributed by atoms with E-state index in [9.17, 15) is 18.0 Å². The number of carbonyl (C=O) groups excluding carboxylic acids is 1. The lowest BCUT2D eigenvalue weighted by Gasteiger charge is -2.31. The van der Waals surface area contributed by atoms with Crippen molar-refractivity contribution in [1.82, 2.24) is 4.90 Å². The lowest BCUT2D eigenvalue weighted by Crippen LogP contribution is -2.43. The molecule has 0 N–H and O–H groups in total. The molecule has 3 nitrogen and oxygen atoms in total. The zero-order chi connectivity index (χ0) is 14.6. The number of halogens is 3. The molecule has 0 aliphatic carbocycles. The summed E-state index contributed by atoms with van der Waals surface area (Å²) in [5.41, 5.74) is 0.909. The number of thiophene rings is 1. The molecule has 0 saturated carbocycles. The average Bonchev–Trinajstić information content (AvgIpc) is 2.87. The number of ether oxygens (including phenoxy) is 1. The van der Waals surface area contributed by atoms with Gasteiger partial charge in [-0.05, 0) is 36.2 Å². The minimum Gasteiger partial charge on any atom is -0.461 e. The maximum atomic E-state index is 12.3. The summed E-state index contributed by atoms with van der Waals surface area (Å²) in [5.74, 6) is -0.854. The molecule has 0 aromatic carbocycles. The summed E-state index contributed by atoms with van der Waals surface area (Å²) in [6, 6.07) is 1.86. The molecule has 1 atom stereocenters. The number of rotatable bonds is 4. The highest BCUT2D eigenvalue weighted by Crippen LogP contribution is 2.23. The molecule has 1 aliphatic rings. The minimum absolute atomic E-state index is 0.127. The number of nitrogens with zero attached hydrogens (tertiary/aromatic N) is 1. The van der Waals surface area contributed by atoms with Crippen LogP contribution in [0.1, 0.15) is 18.4 Å². The summed E-state index contributed by atoms with van der Waals surface area (Å²) in [6.07, 6.45) is -3.03. The van der Waals surface area contributed by atoms with Crippen molar-refractivity contribution in [2.75, 3.05) is 19.6 Å². The molecule has 1 aromatic heterocycles. The van der Waals surface area contributed by atoms with Crippen molar-refractivity contribution < 1.29 is 22.7 Å². The summed E-state index contributed by atoms with van der Waals surface area (Å²) in [7, 11) is 0. The maximum Gasteiger partial charge on any atom is 0.401 e. The Bertz CT molecular complexity index is 433. The smallest absolute Gasteiger partial charge is 0.401 e. The van der Waals surface area contributed by atoms with Crippen molar-refractivity contribution in [3.8, 4) is 0 Å². The van der Waals surface area contributed by atoms with Crippen LogP contribution in [0.4, 0.5) is 13.2 Å². The van der Waals surface area contributed by atoms with Crippen LogP contribution in [0.3, 0.4) is 0 Å². The lowest BCUT2D eigenvalue weighted by molar-refractivity contribution is -0.161. The van der Waals surface area contributed by atoms with Crippen molar-refractivity contribution in [1.29, 1.82) is 0 Å². The fourth-order valence-corrected chi connectivity index (χ4v) is 2.95. The van der Waals surface area contributed by atoms with Gasteiger partial charge in [-0.15, -0.1) is 0 Å². The predicted octanol–water partition coefficient (Wildman–Crippen LogP) is 3.07. The molecule has 1 saturated heterocycles. The lowest BCUT2D eigenvalue weighted by atomic mass is 9.98. The molecular formula is C13H16F3NO2S. The summed E-state index contributed by atoms with van der Waals surface area (Å²) in [6.45, 7) is -0.255. The minimum atomic E-state index is -4.22. The van der Waals surface area contributed by atoms with Crippen LogP contribution in [0.5, 0.6) is 0 Å². The Labute approximate surface area is 119 Å². The standard InChI is InChI=1S/C13H16F3NO2S/c14-13(15,16)9-17-4-1-2-11(6-17)12(18)19-7-10-3-5-20-8-10/h3,5,8,11H,1-2,4,6-7,9H2/t11-/m1/s1. The van der Waals surface area contributed by atoms with Gasteiger partial charge in [0.2, 0.25) is 0 Å². The van der Waals surface area contributed by atoms with Crippen LogP contribution >= 0.6 is 11.3 Å². The second kappa shape index (κ2) is 6.58. The number of hydrogen-bond donors (Lipinski definition) is 0. The van der Waals surface area contributed by atoms with Gasteiger partial charge in [-0.3, -0.25) is 9.69 Å². The Morgan fingerprint density at radius 3 is 2.95 bits per heavy atom. The van der Waals surface area contributed by atoms with E-state index in [-0.39, 0.29) is 13.2 Å². The van der Waals surface area contributed by atoms with Gasteiger partial charge in [-0.2, -0.15) is 24.5 Å². The van der Waals surface area contributed by atoms with E-state index < -0.39 is 24.6 Å². The average molecular weight is 307 g/mol. The van der Waals surface area contributed by atoms with Gasteiger partial charge in [0.05, 0.1) is 12.5 Å². The maximum absolute atomic E-state index is 12.3. The first kappa shape index (κ1) is 15.3. The van der Waals surface area contributed by atoms with E-state index in [1.165, 1.54) is 16.2 Å². The van der Waals surface area contributed by atoms with E-state index in [0.29, 0.717) is 19.4 Å². The van der Waals surface area contributed by atoms with Crippen molar-refractivity contribution in [3.05, 3.63) is 22.4 Å². The molecular weight excluding hydrogens is 291 g/mol. The van der Waals surface area contributed by atoms with Gasteiger partial charge in [0.1, 0.15) is 6.61 Å². The first-order valence-electron chi connectivity index (χ1n) is 6.41. The van der Waals surface area contributed by atoms with Crippen LogP contribution in [0, 0.1) is 5.92 Å². The molecule has 0 spiro atoms. The van der Waals surface area contributed by atoms with Crippen LogP contribution in [0.15, 0.2) is 16.8 Å². The largest absolute Gasteiger partial charge is 0.461 e. The highest BCUT2D eigenvalue weighted by Gasteiger charge is 2.35. The molecule has 0 radical (unpaired) electrons. The Kier molecular flexibility index (Phi) is 5.04. The fourth-order valence-electron chi connectivity index (χ4n) is 2.29. The van der Waals surface area contributed by atoms with Crippen molar-refractivity contribution >= 4 is 17.3 Å². The van der Waals surface area contributed by atoms with Crippen molar-refractivity contribution in [3.63, 3.8) is 0 Å². The monoisotopic (exact) mass is 307 g/mol. The topological polar surface area (TPSA) is 29.5 Å². The SMILES string of the molecule is O=C(OCc1ccsc1)[C@@H]1CCCN(CC(F)(F)F)C1. The normalized spacial score (nSPS) is 20.9. The Hall–Kier alpha value is -1.08. The molecule has 20 heavy (non-hydrogen) atoms. The number of hydrogen-bond acceptors (Lipinski definition) is 4. The fraction of sp³-hybridized carbons (Fsp3) is 0.615. The Morgan fingerprint density at radius 2 is 2.30 bits per heavy atom. The zero-order valence-corrected chi connectivity index (χ0v) is 11.7. The van der Waals surface area contributed by atoms with E-state index in [4.69, 9.17) is 4.74 Å². The van der Waals surface area contributed by atoms with E-state index in [2.05, 4.69) is 0 Å². The van der Waals surface area contributed by atoms with Gasteiger partial charge in [-0.25, -0.2) is 0 Å². The second-order valence-electron chi connectivity index (χ2n) is 4.93. The molecule has 2 heterocycles. The summed E-state index contributed by atoms with van der Waals surface area (Å²) in [5, 5.41) is 3.76. The number of likely N-dealkylation sites (tertiary alicyclic amines) is 1. The van der Waals surface area contributed by atoms with Gasteiger partial charge in [0, 0.05) is 12.1 Å². The number of esters is 1. The van der Waals surface area contributed by atoms with Gasteiger partial charge < -0.3 is 4.74 Å². The third kappa shape index (κ3) is 4.79. The molecule has 0 bridgehead atoms. The predicted molar refractivity (Wildman–Crippen MR) is 69.3 cm³/mol. The highest BCUT2D eigenvalue weighted by molar-refractivity contribution is 7.07. The van der Waals surface area contributed by atoms with E-state index in [0.717, 1.165) is 5.56 Å². The van der Waals surface area contributed by atoms with Crippen LogP contribution in [0.2, 0.25) is 0 Å². The van der Waals surface area contributed by atoms with Crippen molar-refractivity contribution in [2.24, 2.45) is 5.92 Å². The van der Waals surface area contributed by atoms with Gasteiger partial charge in [0.25, 0.3) is 0 Å². The van der Waals surface area contributed by atoms with E-state index in [1.54, 1.807) is 0 Å². The molecule has 0 amide bonds. The van der Waals surface area contributed by atoms with Crippen LogP contribution in [-0.4, -0.2) is 36.7 Å². The summed E-state index contributed by atoms with van der Waals surface area (Å²) in [4.78, 5) is 13.2. The summed E-state index contributed by atoms with van der Waals surface area (Å²) >= 11 is 1.51. The van der Waals surface area contributed by atoms with Crippen LogP contribution in [-0.2, 0) is 16.1 Å². The molecule has 1 aromatic rings. The zero-order valence-electron chi connectivity index (χ0n) is 10.9. The quantitative estimate of drug-likeness (QED) is 0.801. The van der Waals surface area contributed by atoms with Crippen molar-refractivity contribution in [2.45, 2.75) is 25.6 Å². The Balaban J connectivity index is 1.80. The van der Waals surface area contributed by atoms with Gasteiger partial charge >= 0.3 is 12.1 Å². The molecule has 2 rings (SSSR count). The van der Waals surface area contributed by atoms with Crippen LogP contribution < -0.4 is 0 Å². The second-order valence-corrected chi connectivity index (χ2v) is 5.71. The molecule has 1 fully saturated rings. The highest BCUT2D eigenvalue weighted by atomic mass is 32.1. The van der Waals surface area contributed by atoms with Crippen LogP contribution in [0.25, 0.3) is 0 Å². The third-order valence-electron chi connectivity index (χ3n) is 3.20. The number of carbonyl (C=O) groups is 1. The number of alkyl halides is 3. The molecule has 0 unspecified atom stereocenters. The van der Waals surface area contributed by atoms with Gasteiger partial charge in [0.15, 0.2) is 0 Å². The summed E-state index contributed by atoms with van der Waals surface area (Å²) < 4.78 is 42.2. The van der Waals surface area contributed by atoms with E-state index >= 15 is 0 Å². The van der Waals surface area contributed by atoms with Gasteiger partial charge in [-0.1, -0.05) is 0 Å². The third-order valence-corrected chi connectivity index (χ3v) is 3.93. The van der Waals surface area contributed by atoms with E-state index in [1.807, 2.05) is 16.8 Å². The first-order chi connectivity index (χ1) is 9.44. The molecule has 1 aliphatic heterocycles. The molecule has 112 valence electrons. The number of piperidine rings is 1. The Morgan fingerprint density at radius 1 is 1.50 bits per heavy atom.